The summed E-state index contributed by atoms with van der Waals surface area (Å²) in [6, 6.07) is 0.691. The van der Waals surface area contributed by atoms with Crippen molar-refractivity contribution in [3.63, 3.8) is 0 Å². The number of ether oxygens (including phenoxy) is 3. The molecule has 2 aromatic heterocycles. The van der Waals surface area contributed by atoms with Crippen molar-refractivity contribution in [3.8, 4) is 11.8 Å². The van der Waals surface area contributed by atoms with Crippen LogP contribution in [-0.2, 0) is 4.74 Å². The molecule has 36 heavy (non-hydrogen) atoms. The molecule has 0 unspecified atom stereocenters. The summed E-state index contributed by atoms with van der Waals surface area (Å²) in [6.07, 6.45) is 1.41. The number of rotatable bonds is 9. The Balaban J connectivity index is 1.52. The molecule has 2 aromatic rings. The van der Waals surface area contributed by atoms with Gasteiger partial charge in [0.05, 0.1) is 36.0 Å². The number of nitrogens with one attached hydrogen (secondary N) is 3. The highest BCUT2D eigenvalue weighted by molar-refractivity contribution is 6.34. The van der Waals surface area contributed by atoms with Crippen LogP contribution in [0.1, 0.15) is 44.6 Å². The van der Waals surface area contributed by atoms with E-state index in [1.165, 1.54) is 12.3 Å². The number of hydrogen-bond donors (Lipinski definition) is 3. The van der Waals surface area contributed by atoms with Gasteiger partial charge < -0.3 is 24.8 Å². The topological polar surface area (TPSA) is 145 Å². The molecule has 2 amide bonds. The smallest absolute Gasteiger partial charge is 0.407 e. The fourth-order valence-corrected chi connectivity index (χ4v) is 3.03. The zero-order valence-electron chi connectivity index (χ0n) is 20.0. The number of amides is 2. The van der Waals surface area contributed by atoms with Gasteiger partial charge in [0.25, 0.3) is 23.4 Å². The van der Waals surface area contributed by atoms with E-state index in [1.54, 1.807) is 27.7 Å². The Kier molecular flexibility index (Phi) is 8.02. The minimum atomic E-state index is -2.71. The summed E-state index contributed by atoms with van der Waals surface area (Å²) in [5.41, 5.74) is -1.75. The van der Waals surface area contributed by atoms with Crippen LogP contribution in [0, 0.1) is 5.92 Å². The number of alkyl carbamates (subject to hydrolysis) is 1. The second kappa shape index (κ2) is 10.6. The molecule has 0 bridgehead atoms. The first-order valence-corrected chi connectivity index (χ1v) is 11.3. The maximum Gasteiger partial charge on any atom is 0.407 e. The Morgan fingerprint density at radius 2 is 1.97 bits per heavy atom. The van der Waals surface area contributed by atoms with Crippen LogP contribution < -0.4 is 25.7 Å². The van der Waals surface area contributed by atoms with Crippen molar-refractivity contribution in [2.45, 2.75) is 51.7 Å². The van der Waals surface area contributed by atoms with Crippen molar-refractivity contribution >= 4 is 29.3 Å². The highest BCUT2D eigenvalue weighted by atomic mass is 35.5. The second-order valence-corrected chi connectivity index (χ2v) is 9.63. The molecule has 0 radical (unpaired) electrons. The fraction of sp³-hybridized carbons (Fsp3) is 0.500. The summed E-state index contributed by atoms with van der Waals surface area (Å²) in [4.78, 5) is 46.8. The molecule has 14 heteroatoms. The Morgan fingerprint density at radius 3 is 2.56 bits per heavy atom. The maximum atomic E-state index is 13.0. The Bertz CT molecular complexity index is 1190. The lowest BCUT2D eigenvalue weighted by molar-refractivity contribution is 0.0492. The summed E-state index contributed by atoms with van der Waals surface area (Å²) in [5.74, 6) is -4.23. The third kappa shape index (κ3) is 7.77. The van der Waals surface area contributed by atoms with E-state index >= 15 is 0 Å². The summed E-state index contributed by atoms with van der Waals surface area (Å²) >= 11 is 6.07. The van der Waals surface area contributed by atoms with Gasteiger partial charge in [0.15, 0.2) is 0 Å². The maximum absolute atomic E-state index is 13.0. The molecule has 1 aliphatic carbocycles. The number of carbonyl (C=O) groups excluding carboxylic acids is 2. The van der Waals surface area contributed by atoms with Gasteiger partial charge >= 0.3 is 6.09 Å². The van der Waals surface area contributed by atoms with Crippen molar-refractivity contribution in [3.05, 3.63) is 39.5 Å². The Labute approximate surface area is 209 Å². The first-order valence-electron chi connectivity index (χ1n) is 10.9. The van der Waals surface area contributed by atoms with Gasteiger partial charge in [-0.15, -0.1) is 0 Å². The number of hydrogen-bond acceptors (Lipinski definition) is 8. The van der Waals surface area contributed by atoms with Crippen LogP contribution in [-0.4, -0.2) is 57.7 Å². The average Bonchev–Trinajstić information content (AvgIpc) is 3.37. The van der Waals surface area contributed by atoms with Gasteiger partial charge in [-0.1, -0.05) is 11.6 Å². The normalized spacial score (nSPS) is 17.0. The van der Waals surface area contributed by atoms with E-state index in [4.69, 9.17) is 25.8 Å². The van der Waals surface area contributed by atoms with Crippen molar-refractivity contribution in [2.75, 3.05) is 18.5 Å². The molecule has 0 aromatic carbocycles. The van der Waals surface area contributed by atoms with Gasteiger partial charge in [0.1, 0.15) is 29.3 Å². The number of aromatic amines is 1. The van der Waals surface area contributed by atoms with E-state index in [0.717, 1.165) is 6.20 Å². The molecule has 1 fully saturated rings. The minimum absolute atomic E-state index is 0.0137. The predicted molar refractivity (Wildman–Crippen MR) is 125 cm³/mol. The molecule has 2 atom stereocenters. The van der Waals surface area contributed by atoms with Crippen molar-refractivity contribution in [1.82, 2.24) is 20.3 Å². The molecule has 1 aliphatic rings. The molecule has 1 saturated carbocycles. The molecule has 0 spiro atoms. The van der Waals surface area contributed by atoms with E-state index in [-0.39, 0.29) is 47.8 Å². The van der Waals surface area contributed by atoms with Crippen LogP contribution in [0.4, 0.5) is 19.3 Å². The van der Waals surface area contributed by atoms with Crippen LogP contribution in [0.5, 0.6) is 11.8 Å². The first-order chi connectivity index (χ1) is 16.7. The number of H-pyrrole nitrogens is 1. The molecule has 0 aliphatic heterocycles. The molecular formula is C22H26ClF2N5O6. The number of alkyl halides is 2. The number of halogens is 3. The lowest BCUT2D eigenvalue weighted by atomic mass is 10.2. The summed E-state index contributed by atoms with van der Waals surface area (Å²) in [5, 5.41) is 4.82. The van der Waals surface area contributed by atoms with Gasteiger partial charge in [-0.3, -0.25) is 14.6 Å². The van der Waals surface area contributed by atoms with E-state index in [9.17, 15) is 23.2 Å². The highest BCUT2D eigenvalue weighted by Gasteiger charge is 2.57. The highest BCUT2D eigenvalue weighted by Crippen LogP contribution is 2.48. The largest absolute Gasteiger partial charge is 0.491 e. The number of carbonyl (C=O) groups is 2. The third-order valence-electron chi connectivity index (χ3n) is 4.70. The van der Waals surface area contributed by atoms with Crippen LogP contribution >= 0.6 is 11.6 Å². The number of anilines is 1. The Morgan fingerprint density at radius 1 is 1.28 bits per heavy atom. The number of aromatic nitrogens is 3. The van der Waals surface area contributed by atoms with Crippen LogP contribution in [0.3, 0.4) is 0 Å². The van der Waals surface area contributed by atoms with E-state index in [1.807, 2.05) is 0 Å². The predicted octanol–water partition coefficient (Wildman–Crippen LogP) is 3.40. The molecule has 11 nitrogen and oxygen atoms in total. The molecule has 0 saturated heterocycles. The fourth-order valence-electron chi connectivity index (χ4n) is 2.79. The summed E-state index contributed by atoms with van der Waals surface area (Å²) in [7, 11) is 0. The minimum Gasteiger partial charge on any atom is -0.491 e. The van der Waals surface area contributed by atoms with Crippen LogP contribution in [0.15, 0.2) is 23.3 Å². The summed E-state index contributed by atoms with van der Waals surface area (Å²) in [6.45, 7) is 6.67. The van der Waals surface area contributed by atoms with Crippen molar-refractivity contribution in [1.29, 1.82) is 0 Å². The lowest BCUT2D eigenvalue weighted by Crippen LogP contribution is -2.40. The van der Waals surface area contributed by atoms with Crippen molar-refractivity contribution in [2.24, 2.45) is 5.92 Å². The van der Waals surface area contributed by atoms with Gasteiger partial charge in [-0.25, -0.2) is 23.5 Å². The third-order valence-corrected chi connectivity index (χ3v) is 4.98. The van der Waals surface area contributed by atoms with Gasteiger partial charge in [-0.2, -0.15) is 0 Å². The molecule has 2 heterocycles. The van der Waals surface area contributed by atoms with Crippen molar-refractivity contribution < 1.29 is 32.6 Å². The lowest BCUT2D eigenvalue weighted by Gasteiger charge is -2.21. The van der Waals surface area contributed by atoms with E-state index in [0.29, 0.717) is 0 Å². The number of nitrogens with zero attached hydrogens (tertiary/aromatic N) is 2. The standard InChI is InChI=1S/C22H26ClF2N5O6/c1-11(28-20(33)36-21(2,3)4)9-35-19-27-8-15(17(31)30-19)29-18(32)16-14(23)5-13(7-26-16)34-10-12-6-22(12,24)25/h5,7-8,11-12H,6,9-10H2,1-4H3,(H,28,33)(H,29,32)(H,27,30,31)/t11-,12+/m0/s1. The van der Waals surface area contributed by atoms with Gasteiger partial charge in [0.2, 0.25) is 0 Å². The first kappa shape index (κ1) is 27.1. The van der Waals surface area contributed by atoms with E-state index < -0.39 is 41.0 Å². The Hall–Kier alpha value is -3.48. The van der Waals surface area contributed by atoms with E-state index in [2.05, 4.69) is 25.6 Å². The van der Waals surface area contributed by atoms with Gasteiger partial charge in [-0.05, 0) is 27.7 Å². The second-order valence-electron chi connectivity index (χ2n) is 9.22. The quantitative estimate of drug-likeness (QED) is 0.448. The monoisotopic (exact) mass is 529 g/mol. The summed E-state index contributed by atoms with van der Waals surface area (Å²) < 4.78 is 41.7. The zero-order valence-corrected chi connectivity index (χ0v) is 20.7. The number of pyridine rings is 1. The van der Waals surface area contributed by atoms with Crippen LogP contribution in [0.25, 0.3) is 0 Å². The molecular weight excluding hydrogens is 504 g/mol. The molecule has 196 valence electrons. The SMILES string of the molecule is C[C@@H](COc1ncc(NC(=O)c2ncc(OC[C@H]3CC3(F)F)cc2Cl)c(=O)[nH]1)NC(=O)OC(C)(C)C. The molecule has 3 N–H and O–H groups in total. The molecule has 3 rings (SSSR count). The zero-order chi connectivity index (χ0) is 26.7. The van der Waals surface area contributed by atoms with Crippen LogP contribution in [0.2, 0.25) is 5.02 Å². The average molecular weight is 530 g/mol. The van der Waals surface area contributed by atoms with Gasteiger partial charge in [0, 0.05) is 12.5 Å².